The molecule has 2 aliphatic rings. The number of nitrogens with one attached hydrogen (secondary N) is 1. The number of carbonyl (C=O) groups is 2. The molecule has 0 aromatic carbocycles. The Hall–Kier alpha value is -1.30. The molecule has 1 heterocycles. The molecule has 120 valence electrons. The highest BCUT2D eigenvalue weighted by atomic mass is 16.4. The van der Waals surface area contributed by atoms with Gasteiger partial charge in [-0.25, -0.2) is 4.79 Å². The Kier molecular flexibility index (Phi) is 5.45. The van der Waals surface area contributed by atoms with Crippen molar-refractivity contribution in [3.8, 4) is 0 Å². The molecule has 2 fully saturated rings. The fourth-order valence-electron chi connectivity index (χ4n) is 3.57. The fraction of sp³-hybridized carbons (Fsp3) is 0.867. The molecule has 2 amide bonds. The summed E-state index contributed by atoms with van der Waals surface area (Å²) in [6.45, 7) is 2.30. The minimum atomic E-state index is -0.729. The molecule has 3 unspecified atom stereocenters. The van der Waals surface area contributed by atoms with Crippen LogP contribution in [-0.4, -0.2) is 66.7 Å². The van der Waals surface area contributed by atoms with Gasteiger partial charge in [-0.15, -0.1) is 0 Å². The summed E-state index contributed by atoms with van der Waals surface area (Å²) < 4.78 is 0. The van der Waals surface area contributed by atoms with E-state index in [1.54, 1.807) is 4.90 Å². The van der Waals surface area contributed by atoms with Crippen molar-refractivity contribution < 1.29 is 14.7 Å². The molecule has 3 atom stereocenters. The first-order chi connectivity index (χ1) is 9.99. The van der Waals surface area contributed by atoms with E-state index in [4.69, 9.17) is 5.11 Å². The minimum Gasteiger partial charge on any atom is -0.481 e. The zero-order valence-corrected chi connectivity index (χ0v) is 13.0. The van der Waals surface area contributed by atoms with Crippen molar-refractivity contribution in [1.82, 2.24) is 15.1 Å². The molecule has 0 bridgehead atoms. The van der Waals surface area contributed by atoms with Gasteiger partial charge in [0, 0.05) is 26.2 Å². The SMILES string of the molecule is CN(CC1CCCN1C)C(=O)NCC1CCCC1C(=O)O. The molecule has 0 aromatic rings. The van der Waals surface area contributed by atoms with Crippen molar-refractivity contribution in [3.63, 3.8) is 0 Å². The Labute approximate surface area is 126 Å². The molecule has 21 heavy (non-hydrogen) atoms. The molecule has 0 aromatic heterocycles. The van der Waals surface area contributed by atoms with Crippen molar-refractivity contribution in [3.05, 3.63) is 0 Å². The second-order valence-electron chi connectivity index (χ2n) is 6.48. The number of carboxylic acids is 1. The van der Waals surface area contributed by atoms with Crippen LogP contribution >= 0.6 is 0 Å². The third-order valence-electron chi connectivity index (χ3n) is 4.99. The fourth-order valence-corrected chi connectivity index (χ4v) is 3.57. The molecule has 2 N–H and O–H groups in total. The van der Waals surface area contributed by atoms with Crippen molar-refractivity contribution >= 4 is 12.0 Å². The summed E-state index contributed by atoms with van der Waals surface area (Å²) >= 11 is 0. The normalized spacial score (nSPS) is 29.5. The number of hydrogen-bond acceptors (Lipinski definition) is 3. The van der Waals surface area contributed by atoms with Crippen LogP contribution in [0.4, 0.5) is 4.79 Å². The van der Waals surface area contributed by atoms with E-state index in [9.17, 15) is 9.59 Å². The third-order valence-corrected chi connectivity index (χ3v) is 4.99. The Morgan fingerprint density at radius 1 is 1.29 bits per heavy atom. The highest BCUT2D eigenvalue weighted by molar-refractivity contribution is 5.74. The Balaban J connectivity index is 1.74. The average molecular weight is 297 g/mol. The van der Waals surface area contributed by atoms with Gasteiger partial charge in [-0.2, -0.15) is 0 Å². The van der Waals surface area contributed by atoms with Gasteiger partial charge in [-0.05, 0) is 45.2 Å². The second-order valence-corrected chi connectivity index (χ2v) is 6.48. The molecule has 6 heteroatoms. The summed E-state index contributed by atoms with van der Waals surface area (Å²) in [5.74, 6) is -0.946. The van der Waals surface area contributed by atoms with E-state index >= 15 is 0 Å². The molecule has 0 radical (unpaired) electrons. The lowest BCUT2D eigenvalue weighted by atomic mass is 9.96. The number of carbonyl (C=O) groups excluding carboxylic acids is 1. The van der Waals surface area contributed by atoms with Gasteiger partial charge < -0.3 is 20.2 Å². The molecule has 6 nitrogen and oxygen atoms in total. The number of amides is 2. The van der Waals surface area contributed by atoms with Crippen LogP contribution < -0.4 is 5.32 Å². The quantitative estimate of drug-likeness (QED) is 0.800. The van der Waals surface area contributed by atoms with E-state index in [1.807, 2.05) is 7.05 Å². The zero-order valence-electron chi connectivity index (χ0n) is 13.0. The van der Waals surface area contributed by atoms with E-state index in [-0.39, 0.29) is 17.9 Å². The molecule has 2 rings (SSSR count). The second kappa shape index (κ2) is 7.11. The van der Waals surface area contributed by atoms with Crippen LogP contribution in [0.15, 0.2) is 0 Å². The standard InChI is InChI=1S/C15H27N3O3/c1-17-8-4-6-12(17)10-18(2)15(21)16-9-11-5-3-7-13(11)14(19)20/h11-13H,3-10H2,1-2H3,(H,16,21)(H,19,20). The van der Waals surface area contributed by atoms with Crippen molar-refractivity contribution in [2.75, 3.05) is 33.7 Å². The predicted molar refractivity (Wildman–Crippen MR) is 80.1 cm³/mol. The summed E-state index contributed by atoms with van der Waals surface area (Å²) in [5.41, 5.74) is 0. The van der Waals surface area contributed by atoms with Crippen LogP contribution in [0.25, 0.3) is 0 Å². The van der Waals surface area contributed by atoms with Gasteiger partial charge in [0.1, 0.15) is 0 Å². The van der Waals surface area contributed by atoms with Gasteiger partial charge in [-0.3, -0.25) is 4.79 Å². The van der Waals surface area contributed by atoms with Crippen molar-refractivity contribution in [1.29, 1.82) is 0 Å². The Bertz CT molecular complexity index is 388. The van der Waals surface area contributed by atoms with E-state index in [2.05, 4.69) is 17.3 Å². The van der Waals surface area contributed by atoms with Crippen LogP contribution in [0.5, 0.6) is 0 Å². The average Bonchev–Trinajstić information content (AvgIpc) is 3.05. The lowest BCUT2D eigenvalue weighted by Crippen LogP contribution is -2.45. The zero-order chi connectivity index (χ0) is 15.4. The van der Waals surface area contributed by atoms with Gasteiger partial charge in [0.05, 0.1) is 5.92 Å². The molecular weight excluding hydrogens is 270 g/mol. The van der Waals surface area contributed by atoms with E-state index < -0.39 is 5.97 Å². The number of urea groups is 1. The minimum absolute atomic E-state index is 0.0778. The topological polar surface area (TPSA) is 72.9 Å². The van der Waals surface area contributed by atoms with Crippen molar-refractivity contribution in [2.45, 2.75) is 38.1 Å². The largest absolute Gasteiger partial charge is 0.481 e. The van der Waals surface area contributed by atoms with E-state index in [1.165, 1.54) is 6.42 Å². The monoisotopic (exact) mass is 297 g/mol. The maximum absolute atomic E-state index is 12.1. The summed E-state index contributed by atoms with van der Waals surface area (Å²) in [4.78, 5) is 27.3. The lowest BCUT2D eigenvalue weighted by Gasteiger charge is -2.26. The van der Waals surface area contributed by atoms with Gasteiger partial charge in [0.2, 0.25) is 0 Å². The summed E-state index contributed by atoms with van der Waals surface area (Å²) in [6, 6.07) is 0.352. The van der Waals surface area contributed by atoms with Gasteiger partial charge in [-0.1, -0.05) is 6.42 Å². The summed E-state index contributed by atoms with van der Waals surface area (Å²) in [6.07, 6.45) is 4.90. The number of nitrogens with zero attached hydrogens (tertiary/aromatic N) is 2. The number of rotatable bonds is 5. The highest BCUT2D eigenvalue weighted by Crippen LogP contribution is 2.31. The number of likely N-dealkylation sites (tertiary alicyclic amines) is 1. The van der Waals surface area contributed by atoms with Crippen LogP contribution in [-0.2, 0) is 4.79 Å². The maximum Gasteiger partial charge on any atom is 0.317 e. The Morgan fingerprint density at radius 3 is 2.67 bits per heavy atom. The van der Waals surface area contributed by atoms with Crippen LogP contribution in [0, 0.1) is 11.8 Å². The lowest BCUT2D eigenvalue weighted by molar-refractivity contribution is -0.142. The summed E-state index contributed by atoms with van der Waals surface area (Å²) in [7, 11) is 3.91. The Morgan fingerprint density at radius 2 is 2.05 bits per heavy atom. The maximum atomic E-state index is 12.1. The highest BCUT2D eigenvalue weighted by Gasteiger charge is 2.33. The smallest absolute Gasteiger partial charge is 0.317 e. The first kappa shape index (κ1) is 16.1. The number of likely N-dealkylation sites (N-methyl/N-ethyl adjacent to an activating group) is 2. The molecular formula is C15H27N3O3. The van der Waals surface area contributed by atoms with Gasteiger partial charge >= 0.3 is 12.0 Å². The number of aliphatic carboxylic acids is 1. The van der Waals surface area contributed by atoms with Crippen LogP contribution in [0.1, 0.15) is 32.1 Å². The number of hydrogen-bond donors (Lipinski definition) is 2. The molecule has 1 saturated heterocycles. The van der Waals surface area contributed by atoms with E-state index in [0.29, 0.717) is 12.6 Å². The first-order valence-corrected chi connectivity index (χ1v) is 7.91. The predicted octanol–water partition coefficient (Wildman–Crippen LogP) is 1.22. The number of carboxylic acid groups (broad SMARTS) is 1. The van der Waals surface area contributed by atoms with Crippen LogP contribution in [0.2, 0.25) is 0 Å². The summed E-state index contributed by atoms with van der Waals surface area (Å²) in [5, 5.41) is 12.1. The van der Waals surface area contributed by atoms with Crippen LogP contribution in [0.3, 0.4) is 0 Å². The molecule has 1 saturated carbocycles. The molecule has 1 aliphatic heterocycles. The molecule has 0 spiro atoms. The third kappa shape index (κ3) is 4.09. The first-order valence-electron chi connectivity index (χ1n) is 7.91. The van der Waals surface area contributed by atoms with Crippen molar-refractivity contribution in [2.24, 2.45) is 11.8 Å². The van der Waals surface area contributed by atoms with Gasteiger partial charge in [0.25, 0.3) is 0 Å². The van der Waals surface area contributed by atoms with E-state index in [0.717, 1.165) is 38.8 Å². The molecule has 1 aliphatic carbocycles. The van der Waals surface area contributed by atoms with Gasteiger partial charge in [0.15, 0.2) is 0 Å².